The lowest BCUT2D eigenvalue weighted by Crippen LogP contribution is -2.17. The summed E-state index contributed by atoms with van der Waals surface area (Å²) in [6, 6.07) is 7.28. The van der Waals surface area contributed by atoms with Crippen molar-refractivity contribution >= 4 is 11.6 Å². The van der Waals surface area contributed by atoms with Gasteiger partial charge in [0.1, 0.15) is 18.1 Å². The van der Waals surface area contributed by atoms with Gasteiger partial charge in [-0.05, 0) is 47.7 Å². The van der Waals surface area contributed by atoms with Crippen LogP contribution in [-0.2, 0) is 6.18 Å². The molecule has 0 spiro atoms. The molecule has 0 heterocycles. The zero-order valence-corrected chi connectivity index (χ0v) is 14.3. The van der Waals surface area contributed by atoms with E-state index in [2.05, 4.69) is 0 Å². The Kier molecular flexibility index (Phi) is 4.84. The predicted molar refractivity (Wildman–Crippen MR) is 87.2 cm³/mol. The number of alkyl halides is 4. The molecule has 0 saturated carbocycles. The first-order chi connectivity index (χ1) is 12.7. The number of hydrogen-bond donors (Lipinski definition) is 0. The van der Waals surface area contributed by atoms with E-state index >= 15 is 0 Å². The lowest BCUT2D eigenvalue weighted by molar-refractivity contribution is -0.137. The maximum absolute atomic E-state index is 14.3. The van der Waals surface area contributed by atoms with Gasteiger partial charge in [-0.25, -0.2) is 8.78 Å². The molecule has 0 bridgehead atoms. The fraction of sp³-hybridized carbons (Fsp3) is 0.263. The van der Waals surface area contributed by atoms with Crippen molar-refractivity contribution in [1.29, 1.82) is 10.5 Å². The molecular formula is C19H10ClF5N2. The molecular weight excluding hydrogens is 387 g/mol. The van der Waals surface area contributed by atoms with Crippen LogP contribution in [0.2, 0.25) is 5.02 Å². The number of benzene rings is 2. The quantitative estimate of drug-likeness (QED) is 0.540. The number of hydrogen-bond acceptors (Lipinski definition) is 2. The first kappa shape index (κ1) is 19.1. The first-order valence-electron chi connectivity index (χ1n) is 7.86. The van der Waals surface area contributed by atoms with Crippen LogP contribution in [0.1, 0.15) is 58.3 Å². The van der Waals surface area contributed by atoms with Crippen molar-refractivity contribution in [1.82, 2.24) is 0 Å². The van der Waals surface area contributed by atoms with Gasteiger partial charge in [-0.3, -0.25) is 0 Å². The Morgan fingerprint density at radius 2 is 1.74 bits per heavy atom. The predicted octanol–water partition coefficient (Wildman–Crippen LogP) is 6.18. The van der Waals surface area contributed by atoms with Crippen LogP contribution < -0.4 is 0 Å². The minimum Gasteiger partial charge on any atom is -0.242 e. The molecule has 0 N–H and O–H groups in total. The molecule has 8 heteroatoms. The van der Waals surface area contributed by atoms with E-state index in [-0.39, 0.29) is 40.7 Å². The molecule has 0 aliphatic heterocycles. The molecule has 0 aromatic heterocycles. The number of halogens is 6. The first-order valence-corrected chi connectivity index (χ1v) is 8.24. The average molecular weight is 397 g/mol. The summed E-state index contributed by atoms with van der Waals surface area (Å²) in [7, 11) is 0. The Balaban J connectivity index is 2.27. The summed E-state index contributed by atoms with van der Waals surface area (Å²) >= 11 is 5.83. The summed E-state index contributed by atoms with van der Waals surface area (Å²) in [5.74, 6) is -1.52. The van der Waals surface area contributed by atoms with Crippen molar-refractivity contribution < 1.29 is 22.0 Å². The van der Waals surface area contributed by atoms with Gasteiger partial charge in [0.2, 0.25) is 0 Å². The molecule has 1 aliphatic carbocycles. The Bertz CT molecular complexity index is 1000. The SMILES string of the molecule is N#Cc1cc(F)cc2c1C(c1ccc(C(F)(F)F)c(Cl)c1C#N)CCC2F. The molecule has 0 saturated heterocycles. The van der Waals surface area contributed by atoms with Crippen LogP contribution in [-0.4, -0.2) is 0 Å². The molecule has 138 valence electrons. The monoisotopic (exact) mass is 396 g/mol. The Morgan fingerprint density at radius 3 is 2.33 bits per heavy atom. The molecule has 0 amide bonds. The van der Waals surface area contributed by atoms with Crippen LogP contribution in [0.15, 0.2) is 24.3 Å². The molecule has 2 aromatic carbocycles. The van der Waals surface area contributed by atoms with Crippen molar-refractivity contribution in [2.75, 3.05) is 0 Å². The molecule has 2 atom stereocenters. The highest BCUT2D eigenvalue weighted by Gasteiger charge is 2.37. The van der Waals surface area contributed by atoms with Gasteiger partial charge in [-0.1, -0.05) is 17.7 Å². The molecule has 2 unspecified atom stereocenters. The third-order valence-electron chi connectivity index (χ3n) is 4.66. The molecule has 1 aliphatic rings. The second kappa shape index (κ2) is 6.83. The van der Waals surface area contributed by atoms with E-state index in [1.54, 1.807) is 12.1 Å². The van der Waals surface area contributed by atoms with Crippen LogP contribution in [0, 0.1) is 28.5 Å². The fourth-order valence-electron chi connectivity index (χ4n) is 3.52. The second-order valence-corrected chi connectivity index (χ2v) is 6.54. The summed E-state index contributed by atoms with van der Waals surface area (Å²) in [6.45, 7) is 0. The van der Waals surface area contributed by atoms with Crippen molar-refractivity contribution in [2.45, 2.75) is 31.1 Å². The maximum atomic E-state index is 14.3. The van der Waals surface area contributed by atoms with E-state index in [9.17, 15) is 32.5 Å². The molecule has 2 nitrogen and oxygen atoms in total. The van der Waals surface area contributed by atoms with Crippen LogP contribution >= 0.6 is 11.6 Å². The van der Waals surface area contributed by atoms with Crippen LogP contribution in [0.3, 0.4) is 0 Å². The summed E-state index contributed by atoms with van der Waals surface area (Å²) < 4.78 is 67.2. The van der Waals surface area contributed by atoms with Crippen LogP contribution in [0.4, 0.5) is 22.0 Å². The topological polar surface area (TPSA) is 47.6 Å². The zero-order valence-electron chi connectivity index (χ0n) is 13.5. The standard InChI is InChI=1S/C19H10ClF5N2/c20-18-14(8-27)11(1-3-15(18)19(23,24)25)12-2-4-16(22)13-6-10(21)5-9(7-26)17(12)13/h1,3,5-6,12,16H,2,4H2. The summed E-state index contributed by atoms with van der Waals surface area (Å²) in [5.41, 5.74) is -1.33. The Hall–Kier alpha value is -2.64. The third kappa shape index (κ3) is 3.24. The smallest absolute Gasteiger partial charge is 0.242 e. The number of fused-ring (bicyclic) bond motifs is 1. The maximum Gasteiger partial charge on any atom is 0.417 e. The van der Waals surface area contributed by atoms with Crippen molar-refractivity contribution in [2.24, 2.45) is 0 Å². The average Bonchev–Trinajstić information content (AvgIpc) is 2.60. The highest BCUT2D eigenvalue weighted by atomic mass is 35.5. The molecule has 3 rings (SSSR count). The molecule has 27 heavy (non-hydrogen) atoms. The largest absolute Gasteiger partial charge is 0.417 e. The van der Waals surface area contributed by atoms with Gasteiger partial charge in [-0.2, -0.15) is 23.7 Å². The minimum atomic E-state index is -4.74. The lowest BCUT2D eigenvalue weighted by atomic mass is 9.75. The van der Waals surface area contributed by atoms with Gasteiger partial charge in [0, 0.05) is 5.92 Å². The van der Waals surface area contributed by atoms with E-state index in [4.69, 9.17) is 11.6 Å². The normalized spacial score (nSPS) is 19.1. The van der Waals surface area contributed by atoms with Gasteiger partial charge in [0.25, 0.3) is 0 Å². The minimum absolute atomic E-state index is 0.0184. The van der Waals surface area contributed by atoms with E-state index in [0.717, 1.165) is 24.3 Å². The van der Waals surface area contributed by atoms with Gasteiger partial charge < -0.3 is 0 Å². The molecule has 2 aromatic rings. The Labute approximate surface area is 156 Å². The summed E-state index contributed by atoms with van der Waals surface area (Å²) in [4.78, 5) is 0. The number of nitriles is 2. The van der Waals surface area contributed by atoms with Crippen molar-refractivity contribution in [3.63, 3.8) is 0 Å². The van der Waals surface area contributed by atoms with Gasteiger partial charge in [0.05, 0.1) is 27.8 Å². The number of rotatable bonds is 1. The molecule has 0 fully saturated rings. The van der Waals surface area contributed by atoms with Crippen LogP contribution in [0.5, 0.6) is 0 Å². The fourth-order valence-corrected chi connectivity index (χ4v) is 3.84. The van der Waals surface area contributed by atoms with E-state index in [0.29, 0.717) is 0 Å². The third-order valence-corrected chi connectivity index (χ3v) is 5.05. The Morgan fingerprint density at radius 1 is 1.04 bits per heavy atom. The van der Waals surface area contributed by atoms with E-state index in [1.165, 1.54) is 0 Å². The molecule has 0 radical (unpaired) electrons. The van der Waals surface area contributed by atoms with Crippen LogP contribution in [0.25, 0.3) is 0 Å². The van der Waals surface area contributed by atoms with Gasteiger partial charge in [-0.15, -0.1) is 0 Å². The van der Waals surface area contributed by atoms with Gasteiger partial charge >= 0.3 is 6.18 Å². The zero-order chi connectivity index (χ0) is 19.9. The van der Waals surface area contributed by atoms with Crippen molar-refractivity contribution in [3.8, 4) is 12.1 Å². The highest BCUT2D eigenvalue weighted by molar-refractivity contribution is 6.32. The van der Waals surface area contributed by atoms with Gasteiger partial charge in [0.15, 0.2) is 0 Å². The highest BCUT2D eigenvalue weighted by Crippen LogP contribution is 2.47. The summed E-state index contributed by atoms with van der Waals surface area (Å²) in [5, 5.41) is 18.0. The lowest BCUT2D eigenvalue weighted by Gasteiger charge is -2.30. The number of nitrogens with zero attached hydrogens (tertiary/aromatic N) is 2. The second-order valence-electron chi connectivity index (χ2n) is 6.17. The van der Waals surface area contributed by atoms with Crippen molar-refractivity contribution in [3.05, 3.63) is 68.5 Å². The van der Waals surface area contributed by atoms with E-state index in [1.807, 2.05) is 0 Å². The van der Waals surface area contributed by atoms with E-state index < -0.39 is 34.7 Å². The summed E-state index contributed by atoms with van der Waals surface area (Å²) in [6.07, 6.45) is -6.12.